The van der Waals surface area contributed by atoms with Crippen LogP contribution in [0.1, 0.15) is 29.8 Å². The van der Waals surface area contributed by atoms with E-state index in [1.165, 1.54) is 10.8 Å². The van der Waals surface area contributed by atoms with Crippen molar-refractivity contribution in [2.75, 3.05) is 14.2 Å². The highest BCUT2D eigenvalue weighted by Crippen LogP contribution is 2.34. The van der Waals surface area contributed by atoms with Crippen molar-refractivity contribution in [3.63, 3.8) is 0 Å². The number of aliphatic carboxylic acids is 1. The minimum atomic E-state index is -1.18. The molecule has 184 valence electrons. The van der Waals surface area contributed by atoms with E-state index >= 15 is 0 Å². The van der Waals surface area contributed by atoms with Crippen LogP contribution in [0.4, 0.5) is 0 Å². The molecule has 2 atom stereocenters. The van der Waals surface area contributed by atoms with E-state index in [4.69, 9.17) is 14.6 Å². The van der Waals surface area contributed by atoms with Crippen LogP contribution in [0.2, 0.25) is 0 Å². The molecule has 10 heteroatoms. The molecule has 3 rings (SSSR count). The Hall–Kier alpha value is -4.02. The van der Waals surface area contributed by atoms with Gasteiger partial charge in [-0.1, -0.05) is 36.4 Å². The average molecular weight is 481 g/mol. The average Bonchev–Trinajstić information content (AvgIpc) is 3.27. The van der Waals surface area contributed by atoms with Gasteiger partial charge in [-0.2, -0.15) is 0 Å². The number of aromatic nitrogens is 4. The summed E-state index contributed by atoms with van der Waals surface area (Å²) in [6.45, 7) is 0. The van der Waals surface area contributed by atoms with E-state index in [2.05, 4.69) is 15.5 Å². The van der Waals surface area contributed by atoms with Gasteiger partial charge in [0.2, 0.25) is 0 Å². The molecule has 3 N–H and O–H groups in total. The third-order valence-corrected chi connectivity index (χ3v) is 5.30. The Balaban J connectivity index is 2.15. The molecule has 2 aromatic carbocycles. The standard InChI is InChI=1S/C25H28N4O6/c1-29-25(26-27-28-29)22(13-8-18(30)14-19(31)15-23(32)33)24(16-4-9-20(34-2)10-5-16)17-6-11-21(35-3)12-7-17/h4-13,18-19,30-31H,14-15H2,1-3H3,(H,32,33)/b13-8+/t18-,19-/m1/s1. The summed E-state index contributed by atoms with van der Waals surface area (Å²) in [5, 5.41) is 41.1. The van der Waals surface area contributed by atoms with Gasteiger partial charge in [0.1, 0.15) is 11.5 Å². The van der Waals surface area contributed by atoms with E-state index in [-0.39, 0.29) is 6.42 Å². The molecule has 0 saturated heterocycles. The zero-order chi connectivity index (χ0) is 25.4. The number of hydrogen-bond acceptors (Lipinski definition) is 8. The van der Waals surface area contributed by atoms with Crippen LogP contribution in [0.3, 0.4) is 0 Å². The van der Waals surface area contributed by atoms with Crippen LogP contribution in [0.5, 0.6) is 11.5 Å². The van der Waals surface area contributed by atoms with Gasteiger partial charge < -0.3 is 24.8 Å². The minimum absolute atomic E-state index is 0.131. The van der Waals surface area contributed by atoms with E-state index < -0.39 is 24.6 Å². The minimum Gasteiger partial charge on any atom is -0.497 e. The Morgan fingerprint density at radius 2 is 1.54 bits per heavy atom. The van der Waals surface area contributed by atoms with Gasteiger partial charge in [0.25, 0.3) is 0 Å². The first-order chi connectivity index (χ1) is 16.8. The van der Waals surface area contributed by atoms with Crippen molar-refractivity contribution < 1.29 is 29.6 Å². The predicted molar refractivity (Wildman–Crippen MR) is 129 cm³/mol. The Labute approximate surface area is 202 Å². The SMILES string of the molecule is COc1ccc(C(=C(/C=C/[C@@H](O)C[C@@H](O)CC(=O)O)c2nnnn2C)c2ccc(OC)cc2)cc1. The van der Waals surface area contributed by atoms with E-state index in [1.807, 2.05) is 48.5 Å². The van der Waals surface area contributed by atoms with Crippen molar-refractivity contribution in [1.29, 1.82) is 0 Å². The van der Waals surface area contributed by atoms with E-state index in [0.717, 1.165) is 16.7 Å². The monoisotopic (exact) mass is 480 g/mol. The zero-order valence-electron chi connectivity index (χ0n) is 19.7. The third kappa shape index (κ3) is 6.75. The predicted octanol–water partition coefficient (Wildman–Crippen LogP) is 2.33. The molecule has 0 fully saturated rings. The van der Waals surface area contributed by atoms with Crippen LogP contribution in [-0.4, -0.2) is 67.9 Å². The number of aryl methyl sites for hydroxylation is 1. The molecule has 0 bridgehead atoms. The number of hydrogen-bond donors (Lipinski definition) is 3. The lowest BCUT2D eigenvalue weighted by Crippen LogP contribution is -2.19. The third-order valence-electron chi connectivity index (χ3n) is 5.30. The highest BCUT2D eigenvalue weighted by Gasteiger charge is 2.19. The van der Waals surface area contributed by atoms with E-state index in [0.29, 0.717) is 22.9 Å². The molecule has 0 aliphatic rings. The number of carbonyl (C=O) groups is 1. The first-order valence-corrected chi connectivity index (χ1v) is 10.8. The molecule has 0 aliphatic heterocycles. The number of allylic oxidation sites excluding steroid dienone is 2. The first-order valence-electron chi connectivity index (χ1n) is 10.8. The number of tetrazole rings is 1. The number of aliphatic hydroxyl groups excluding tert-OH is 2. The normalized spacial score (nSPS) is 12.8. The molecule has 10 nitrogen and oxygen atoms in total. The maximum absolute atomic E-state index is 10.8. The largest absolute Gasteiger partial charge is 0.497 e. The van der Waals surface area contributed by atoms with Gasteiger partial charge in [-0.05, 0) is 51.4 Å². The molecule has 0 saturated carbocycles. The molecule has 1 heterocycles. The number of carboxylic acid groups (broad SMARTS) is 1. The van der Waals surface area contributed by atoms with Crippen LogP contribution in [-0.2, 0) is 11.8 Å². The van der Waals surface area contributed by atoms with Crippen molar-refractivity contribution in [2.24, 2.45) is 7.05 Å². The van der Waals surface area contributed by atoms with Crippen molar-refractivity contribution in [3.8, 4) is 11.5 Å². The van der Waals surface area contributed by atoms with Gasteiger partial charge in [0.15, 0.2) is 5.82 Å². The van der Waals surface area contributed by atoms with Crippen LogP contribution >= 0.6 is 0 Å². The summed E-state index contributed by atoms with van der Waals surface area (Å²) in [4.78, 5) is 10.8. The summed E-state index contributed by atoms with van der Waals surface area (Å²) in [5.74, 6) is 0.702. The Kier molecular flexibility index (Phi) is 8.71. The number of nitrogens with zero attached hydrogens (tertiary/aromatic N) is 4. The van der Waals surface area contributed by atoms with E-state index in [1.54, 1.807) is 27.3 Å². The molecule has 0 radical (unpaired) electrons. The summed E-state index contributed by atoms with van der Waals surface area (Å²) in [5.41, 5.74) is 3.08. The Morgan fingerprint density at radius 3 is 1.97 bits per heavy atom. The second-order valence-electron chi connectivity index (χ2n) is 7.79. The molecular formula is C25H28N4O6. The number of methoxy groups -OCH3 is 2. The summed E-state index contributed by atoms with van der Waals surface area (Å²) < 4.78 is 12.1. The van der Waals surface area contributed by atoms with Gasteiger partial charge in [-0.15, -0.1) is 5.10 Å². The maximum Gasteiger partial charge on any atom is 0.305 e. The summed E-state index contributed by atoms with van der Waals surface area (Å²) in [6.07, 6.45) is 0.305. The van der Waals surface area contributed by atoms with Gasteiger partial charge in [0, 0.05) is 19.0 Å². The highest BCUT2D eigenvalue weighted by atomic mass is 16.5. The molecule has 0 amide bonds. The highest BCUT2D eigenvalue weighted by molar-refractivity contribution is 6.01. The molecular weight excluding hydrogens is 452 g/mol. The molecule has 0 spiro atoms. The summed E-state index contributed by atoms with van der Waals surface area (Å²) >= 11 is 0. The smallest absolute Gasteiger partial charge is 0.305 e. The lowest BCUT2D eigenvalue weighted by Gasteiger charge is -2.15. The number of carboxylic acids is 1. The lowest BCUT2D eigenvalue weighted by molar-refractivity contribution is -0.139. The fourth-order valence-corrected chi connectivity index (χ4v) is 3.57. The van der Waals surface area contributed by atoms with Gasteiger partial charge in [0.05, 0.1) is 32.8 Å². The second-order valence-corrected chi connectivity index (χ2v) is 7.79. The number of benzene rings is 2. The quantitative estimate of drug-likeness (QED) is 0.353. The molecule has 1 aromatic heterocycles. The molecule has 3 aromatic rings. The fraction of sp³-hybridized carbons (Fsp3) is 0.280. The van der Waals surface area contributed by atoms with E-state index in [9.17, 15) is 15.0 Å². The van der Waals surface area contributed by atoms with Crippen molar-refractivity contribution in [1.82, 2.24) is 20.2 Å². The van der Waals surface area contributed by atoms with Crippen LogP contribution < -0.4 is 9.47 Å². The maximum atomic E-state index is 10.8. The van der Waals surface area contributed by atoms with Gasteiger partial charge in [-0.25, -0.2) is 4.68 Å². The summed E-state index contributed by atoms with van der Waals surface area (Å²) in [7, 11) is 4.89. The van der Waals surface area contributed by atoms with Crippen LogP contribution in [0.25, 0.3) is 11.1 Å². The van der Waals surface area contributed by atoms with Crippen molar-refractivity contribution >= 4 is 17.1 Å². The summed E-state index contributed by atoms with van der Waals surface area (Å²) in [6, 6.07) is 15.0. The number of rotatable bonds is 11. The molecule has 0 aliphatic carbocycles. The first kappa shape index (κ1) is 25.6. The van der Waals surface area contributed by atoms with Crippen LogP contribution in [0, 0.1) is 0 Å². The van der Waals surface area contributed by atoms with Crippen molar-refractivity contribution in [3.05, 3.63) is 77.6 Å². The van der Waals surface area contributed by atoms with Crippen LogP contribution in [0.15, 0.2) is 60.7 Å². The Bertz CT molecular complexity index is 1140. The van der Waals surface area contributed by atoms with Gasteiger partial charge in [-0.3, -0.25) is 4.79 Å². The molecule has 0 unspecified atom stereocenters. The number of ether oxygens (including phenoxy) is 2. The fourth-order valence-electron chi connectivity index (χ4n) is 3.57. The second kappa shape index (κ2) is 11.9. The van der Waals surface area contributed by atoms with Crippen molar-refractivity contribution in [2.45, 2.75) is 25.0 Å². The Morgan fingerprint density at radius 1 is 1.00 bits per heavy atom. The lowest BCUT2D eigenvalue weighted by atomic mass is 9.91. The van der Waals surface area contributed by atoms with Gasteiger partial charge >= 0.3 is 5.97 Å². The zero-order valence-corrected chi connectivity index (χ0v) is 19.7. The molecule has 35 heavy (non-hydrogen) atoms. The topological polar surface area (TPSA) is 140 Å². The number of aliphatic hydroxyl groups is 2.